The van der Waals surface area contributed by atoms with E-state index in [1.54, 1.807) is 36.4 Å². The molecular weight excluding hydrogens is 448 g/mol. The van der Waals surface area contributed by atoms with E-state index in [1.807, 2.05) is 50.2 Å². The molecule has 0 saturated heterocycles. The monoisotopic (exact) mass is 480 g/mol. The number of amides is 1. The minimum Gasteiger partial charge on any atom is -0.494 e. The molecule has 0 aromatic heterocycles. The van der Waals surface area contributed by atoms with Gasteiger partial charge in [-0.3, -0.25) is 9.10 Å². The van der Waals surface area contributed by atoms with Crippen molar-refractivity contribution in [1.82, 2.24) is 5.32 Å². The first-order valence-corrected chi connectivity index (χ1v) is 12.8. The van der Waals surface area contributed by atoms with Gasteiger partial charge in [-0.25, -0.2) is 8.42 Å². The number of rotatable bonds is 10. The molecule has 0 aliphatic heterocycles. The van der Waals surface area contributed by atoms with Crippen LogP contribution in [0.5, 0.6) is 5.75 Å². The highest BCUT2D eigenvalue weighted by Gasteiger charge is 2.27. The molecule has 0 unspecified atom stereocenters. The fraction of sp³-hybridized carbons (Fsp3) is 0.296. The van der Waals surface area contributed by atoms with E-state index in [4.69, 9.17) is 4.74 Å². The van der Waals surface area contributed by atoms with Crippen molar-refractivity contribution in [2.75, 3.05) is 17.5 Å². The van der Waals surface area contributed by atoms with Crippen LogP contribution in [0.4, 0.5) is 5.69 Å². The van der Waals surface area contributed by atoms with E-state index in [9.17, 15) is 13.2 Å². The van der Waals surface area contributed by atoms with Crippen LogP contribution in [0.3, 0.4) is 0 Å². The summed E-state index contributed by atoms with van der Waals surface area (Å²) in [4.78, 5) is 13.0. The summed E-state index contributed by atoms with van der Waals surface area (Å²) >= 11 is 0. The minimum absolute atomic E-state index is 0.144. The van der Waals surface area contributed by atoms with E-state index >= 15 is 0 Å². The number of carbonyl (C=O) groups excluding carboxylic acids is 1. The molecule has 3 aromatic carbocycles. The maximum atomic E-state index is 13.5. The minimum atomic E-state index is -3.94. The number of benzene rings is 3. The molecule has 0 saturated carbocycles. The number of anilines is 1. The Balaban J connectivity index is 1.81. The number of ether oxygens (including phenoxy) is 1. The molecule has 0 heterocycles. The Labute approximate surface area is 202 Å². The van der Waals surface area contributed by atoms with Crippen LogP contribution in [-0.4, -0.2) is 27.5 Å². The number of carbonyl (C=O) groups is 1. The molecule has 34 heavy (non-hydrogen) atoms. The summed E-state index contributed by atoms with van der Waals surface area (Å²) in [6.07, 6.45) is 0. The van der Waals surface area contributed by atoms with Gasteiger partial charge in [0.25, 0.3) is 10.0 Å². The van der Waals surface area contributed by atoms with E-state index in [2.05, 4.69) is 19.2 Å². The Bertz CT molecular complexity index is 1190. The predicted octanol–water partition coefficient (Wildman–Crippen LogP) is 5.03. The van der Waals surface area contributed by atoms with Crippen molar-refractivity contribution in [2.45, 2.75) is 45.1 Å². The number of nitrogens with zero attached hydrogens (tertiary/aromatic N) is 1. The van der Waals surface area contributed by atoms with Crippen molar-refractivity contribution >= 4 is 21.6 Å². The third-order valence-corrected chi connectivity index (χ3v) is 7.26. The Morgan fingerprint density at radius 3 is 2.12 bits per heavy atom. The van der Waals surface area contributed by atoms with Crippen LogP contribution in [0.2, 0.25) is 0 Å². The average Bonchev–Trinajstić information content (AvgIpc) is 2.82. The summed E-state index contributed by atoms with van der Waals surface area (Å²) in [6.45, 7) is 8.51. The summed E-state index contributed by atoms with van der Waals surface area (Å²) < 4.78 is 33.6. The second-order valence-corrected chi connectivity index (χ2v) is 10.3. The van der Waals surface area contributed by atoms with Gasteiger partial charge in [0.1, 0.15) is 12.3 Å². The summed E-state index contributed by atoms with van der Waals surface area (Å²) in [5.74, 6) is 0.684. The second kappa shape index (κ2) is 11.2. The Morgan fingerprint density at radius 1 is 0.941 bits per heavy atom. The summed E-state index contributed by atoms with van der Waals surface area (Å²) in [5.41, 5.74) is 3.39. The van der Waals surface area contributed by atoms with Crippen LogP contribution in [0, 0.1) is 6.92 Å². The molecule has 0 atom stereocenters. The molecular formula is C27H32N2O4S. The zero-order chi connectivity index (χ0) is 24.7. The topological polar surface area (TPSA) is 75.7 Å². The van der Waals surface area contributed by atoms with Crippen molar-refractivity contribution in [2.24, 2.45) is 0 Å². The van der Waals surface area contributed by atoms with Gasteiger partial charge < -0.3 is 10.1 Å². The van der Waals surface area contributed by atoms with Crippen molar-refractivity contribution in [3.05, 3.63) is 89.5 Å². The van der Waals surface area contributed by atoms with Crippen LogP contribution < -0.4 is 14.4 Å². The molecule has 0 aliphatic rings. The fourth-order valence-corrected chi connectivity index (χ4v) is 4.86. The maximum absolute atomic E-state index is 13.5. The second-order valence-electron chi connectivity index (χ2n) is 8.42. The molecule has 0 bridgehead atoms. The van der Waals surface area contributed by atoms with Gasteiger partial charge in [-0.05, 0) is 67.3 Å². The molecule has 1 N–H and O–H groups in total. The maximum Gasteiger partial charge on any atom is 0.264 e. The zero-order valence-electron chi connectivity index (χ0n) is 20.1. The molecule has 7 heteroatoms. The zero-order valence-corrected chi connectivity index (χ0v) is 20.9. The molecule has 0 radical (unpaired) electrons. The molecule has 6 nitrogen and oxygen atoms in total. The molecule has 0 aliphatic carbocycles. The van der Waals surface area contributed by atoms with Crippen molar-refractivity contribution in [1.29, 1.82) is 0 Å². The lowest BCUT2D eigenvalue weighted by Crippen LogP contribution is -2.40. The average molecular weight is 481 g/mol. The lowest BCUT2D eigenvalue weighted by molar-refractivity contribution is -0.119. The van der Waals surface area contributed by atoms with Crippen LogP contribution in [0.25, 0.3) is 0 Å². The fourth-order valence-electron chi connectivity index (χ4n) is 3.44. The number of aryl methyl sites for hydroxylation is 1. The summed E-state index contributed by atoms with van der Waals surface area (Å²) in [6, 6.07) is 21.4. The van der Waals surface area contributed by atoms with Gasteiger partial charge >= 0.3 is 0 Å². The van der Waals surface area contributed by atoms with E-state index in [0.717, 1.165) is 26.7 Å². The molecule has 180 valence electrons. The lowest BCUT2D eigenvalue weighted by Gasteiger charge is -2.24. The molecule has 3 aromatic rings. The third-order valence-electron chi connectivity index (χ3n) is 5.47. The van der Waals surface area contributed by atoms with E-state index in [-0.39, 0.29) is 18.0 Å². The van der Waals surface area contributed by atoms with E-state index < -0.39 is 15.9 Å². The van der Waals surface area contributed by atoms with Crippen molar-refractivity contribution in [3.63, 3.8) is 0 Å². The first kappa shape index (κ1) is 25.3. The smallest absolute Gasteiger partial charge is 0.264 e. The van der Waals surface area contributed by atoms with Gasteiger partial charge in [0.05, 0.1) is 17.2 Å². The van der Waals surface area contributed by atoms with Gasteiger partial charge in [-0.2, -0.15) is 0 Å². The molecule has 0 fully saturated rings. The van der Waals surface area contributed by atoms with Crippen molar-refractivity contribution < 1.29 is 17.9 Å². The van der Waals surface area contributed by atoms with Crippen LogP contribution >= 0.6 is 0 Å². The van der Waals surface area contributed by atoms with Crippen LogP contribution in [0.1, 0.15) is 43.4 Å². The summed E-state index contributed by atoms with van der Waals surface area (Å²) in [5, 5.41) is 2.83. The quantitative estimate of drug-likeness (QED) is 0.442. The number of hydrogen-bond donors (Lipinski definition) is 1. The largest absolute Gasteiger partial charge is 0.494 e. The Hall–Kier alpha value is -3.32. The first-order valence-electron chi connectivity index (χ1n) is 11.4. The predicted molar refractivity (Wildman–Crippen MR) is 136 cm³/mol. The number of sulfonamides is 1. The SMILES string of the molecule is CCOc1ccc(CNC(=O)CN(c2ccc(C(C)C)cc2)S(=O)(=O)c2ccc(C)cc2)cc1. The highest BCUT2D eigenvalue weighted by atomic mass is 32.2. The Kier molecular flexibility index (Phi) is 8.34. The van der Waals surface area contributed by atoms with Crippen LogP contribution in [0.15, 0.2) is 77.7 Å². The lowest BCUT2D eigenvalue weighted by atomic mass is 10.0. The van der Waals surface area contributed by atoms with Gasteiger partial charge in [0, 0.05) is 6.54 Å². The van der Waals surface area contributed by atoms with Crippen molar-refractivity contribution in [3.8, 4) is 5.75 Å². The van der Waals surface area contributed by atoms with Gasteiger partial charge in [0.15, 0.2) is 0 Å². The number of nitrogens with one attached hydrogen (secondary N) is 1. The highest BCUT2D eigenvalue weighted by Crippen LogP contribution is 2.26. The van der Waals surface area contributed by atoms with Gasteiger partial charge in [0.2, 0.25) is 5.91 Å². The van der Waals surface area contributed by atoms with E-state index in [1.165, 1.54) is 0 Å². The standard InChI is InChI=1S/C27H32N2O4S/c1-5-33-25-14-8-22(9-15-25)18-28-27(30)19-29(24-12-10-23(11-13-24)20(2)3)34(31,32)26-16-6-21(4)7-17-26/h6-17,20H,5,18-19H2,1-4H3,(H,28,30). The molecule has 1 amide bonds. The highest BCUT2D eigenvalue weighted by molar-refractivity contribution is 7.92. The van der Waals surface area contributed by atoms with Crippen LogP contribution in [-0.2, 0) is 21.4 Å². The molecule has 0 spiro atoms. The summed E-state index contributed by atoms with van der Waals surface area (Å²) in [7, 11) is -3.94. The third kappa shape index (κ3) is 6.38. The molecule has 3 rings (SSSR count). The van der Waals surface area contributed by atoms with Gasteiger partial charge in [-0.1, -0.05) is 55.8 Å². The Morgan fingerprint density at radius 2 is 1.56 bits per heavy atom. The van der Waals surface area contributed by atoms with Gasteiger partial charge in [-0.15, -0.1) is 0 Å². The normalized spacial score (nSPS) is 11.3. The first-order chi connectivity index (χ1) is 16.2. The number of hydrogen-bond acceptors (Lipinski definition) is 4. The van der Waals surface area contributed by atoms with E-state index in [0.29, 0.717) is 18.2 Å².